The smallest absolute Gasteiger partial charge is 0.301 e. The summed E-state index contributed by atoms with van der Waals surface area (Å²) in [6.07, 6.45) is 1.55. The first-order chi connectivity index (χ1) is 29.0. The average Bonchev–Trinajstić information content (AvgIpc) is 3.61. The van der Waals surface area contributed by atoms with Crippen LogP contribution in [0.25, 0.3) is 0 Å². The zero-order chi connectivity index (χ0) is 43.8. The molecule has 2 aliphatic carbocycles. The highest BCUT2D eigenvalue weighted by Crippen LogP contribution is 2.65. The first-order valence-corrected chi connectivity index (χ1v) is 19.6. The molecule has 3 fully saturated rings. The molecule has 1 saturated carbocycles. The number of hydrogen-bond donors (Lipinski definition) is 2. The zero-order valence-electron chi connectivity index (χ0n) is 32.8. The Hall–Kier alpha value is -6.72. The molecule has 4 amide bonds. The van der Waals surface area contributed by atoms with Crippen molar-refractivity contribution in [1.82, 2.24) is 5.01 Å². The van der Waals surface area contributed by atoms with Gasteiger partial charge in [-0.25, -0.2) is 4.90 Å². The number of methoxy groups -OCH3 is 2. The van der Waals surface area contributed by atoms with Gasteiger partial charge in [0, 0.05) is 42.7 Å². The first kappa shape index (κ1) is 41.0. The maximum Gasteiger partial charge on any atom is 0.301 e. The summed E-state index contributed by atoms with van der Waals surface area (Å²) < 4.78 is 11.0. The summed E-state index contributed by atoms with van der Waals surface area (Å²) in [6, 6.07) is 17.5. The van der Waals surface area contributed by atoms with Gasteiger partial charge in [-0.15, -0.1) is 0 Å². The van der Waals surface area contributed by atoms with E-state index in [1.807, 2.05) is 0 Å². The number of nitro groups is 2. The number of phenolic OH excluding ortho intramolecular Hbond substituents is 1. The van der Waals surface area contributed by atoms with Crippen LogP contribution >= 0.6 is 23.2 Å². The monoisotopic (exact) mass is 870 g/mol. The van der Waals surface area contributed by atoms with Crippen LogP contribution in [0.2, 0.25) is 10.0 Å². The number of nitrogens with zero attached hydrogens (tertiary/aromatic N) is 5. The number of allylic oxidation sites excluding steroid dienone is 2. The molecule has 0 aromatic heterocycles. The zero-order valence-corrected chi connectivity index (χ0v) is 34.3. The Morgan fingerprint density at radius 1 is 0.836 bits per heavy atom. The van der Waals surface area contributed by atoms with Gasteiger partial charge in [-0.2, -0.15) is 5.01 Å². The van der Waals surface area contributed by atoms with Crippen LogP contribution in [0.15, 0.2) is 84.4 Å². The number of anilines is 3. The van der Waals surface area contributed by atoms with Gasteiger partial charge in [0.1, 0.15) is 17.2 Å². The molecule has 2 heterocycles. The number of hydrogen-bond acceptors (Lipinski definition) is 13. The number of carbonyl (C=O) groups is 4. The minimum absolute atomic E-state index is 0.0490. The highest BCUT2D eigenvalue weighted by Gasteiger charge is 2.71. The molecule has 2 aliphatic heterocycles. The van der Waals surface area contributed by atoms with Crippen LogP contribution in [0.4, 0.5) is 28.4 Å². The Kier molecular flexibility index (Phi) is 10.1. The molecular formula is C42H36Cl2N6O11. The largest absolute Gasteiger partial charge is 0.508 e. The van der Waals surface area contributed by atoms with Crippen molar-refractivity contribution in [2.24, 2.45) is 23.7 Å². The van der Waals surface area contributed by atoms with E-state index in [4.69, 9.17) is 32.7 Å². The second-order valence-corrected chi connectivity index (χ2v) is 16.2. The van der Waals surface area contributed by atoms with E-state index in [2.05, 4.69) is 5.43 Å². The summed E-state index contributed by atoms with van der Waals surface area (Å²) in [5, 5.41) is 37.6. The topological polar surface area (TPSA) is 215 Å². The lowest BCUT2D eigenvalue weighted by atomic mass is 9.49. The molecule has 8 rings (SSSR count). The summed E-state index contributed by atoms with van der Waals surface area (Å²) in [6.45, 7) is 0. The molecule has 6 atom stereocenters. The molecule has 61 heavy (non-hydrogen) atoms. The van der Waals surface area contributed by atoms with Gasteiger partial charge in [-0.1, -0.05) is 47.0 Å². The minimum atomic E-state index is -1.80. The fraction of sp³-hybridized carbons (Fsp3) is 0.286. The maximum atomic E-state index is 15.5. The third kappa shape index (κ3) is 6.20. The third-order valence-electron chi connectivity index (χ3n) is 12.3. The number of aromatic hydroxyl groups is 1. The van der Waals surface area contributed by atoms with E-state index >= 15 is 9.59 Å². The summed E-state index contributed by atoms with van der Waals surface area (Å²) in [5.74, 6) is -7.97. The molecule has 314 valence electrons. The SMILES string of the molecule is COc1ccc(C23C(=O)N(Nc4ccc(Cl)cc4Cl)C(=O)C2CC2C(=CCC4C(=O)N(c5cc([N+](=O)[O-])c(N(C)C)c([N+](=O)[O-])c5)C(=O)C42)C3c2cc(OC)ccc2O)cc1. The number of nitrogens with one attached hydrogen (secondary N) is 1. The van der Waals surface area contributed by atoms with Crippen LogP contribution in [-0.4, -0.2) is 71.9 Å². The molecule has 4 aliphatic rings. The summed E-state index contributed by atoms with van der Waals surface area (Å²) in [7, 11) is 5.69. The number of carbonyl (C=O) groups excluding carboxylic acids is 4. The van der Waals surface area contributed by atoms with Crippen LogP contribution in [0.5, 0.6) is 17.2 Å². The predicted octanol–water partition coefficient (Wildman–Crippen LogP) is 6.79. The van der Waals surface area contributed by atoms with Gasteiger partial charge in [0.15, 0.2) is 5.69 Å². The van der Waals surface area contributed by atoms with Gasteiger partial charge in [0.05, 0.1) is 63.6 Å². The van der Waals surface area contributed by atoms with E-state index in [-0.39, 0.29) is 46.2 Å². The van der Waals surface area contributed by atoms with E-state index in [1.165, 1.54) is 63.5 Å². The number of hydrazine groups is 1. The summed E-state index contributed by atoms with van der Waals surface area (Å²) >= 11 is 12.7. The number of rotatable bonds is 10. The standard InChI is InChI=1S/C42H36Cl2N6O11/c1-46(2)37-32(49(56)57)16-22(17-33(37)50(58)59)47-38(52)26-12-11-25-27(35(26)40(47)54)19-29-39(53)48(45-31-13-7-21(43)15-30(31)44)41(55)42(29,20-5-8-23(60-3)9-6-20)36(25)28-18-24(61-4)10-14-34(28)51/h5-11,13-18,26-27,29,35-36,45,51H,12,19H2,1-4H3. The molecule has 4 aromatic carbocycles. The molecule has 4 aromatic rings. The fourth-order valence-corrected chi connectivity index (χ4v) is 10.2. The van der Waals surface area contributed by atoms with Crippen molar-refractivity contribution in [3.63, 3.8) is 0 Å². The number of nitro benzene ring substituents is 2. The molecule has 17 nitrogen and oxygen atoms in total. The second kappa shape index (κ2) is 15.1. The number of benzene rings is 4. The van der Waals surface area contributed by atoms with Crippen LogP contribution in [0.3, 0.4) is 0 Å². The van der Waals surface area contributed by atoms with Gasteiger partial charge in [-0.05, 0) is 72.9 Å². The van der Waals surface area contributed by atoms with Gasteiger partial charge in [0.2, 0.25) is 11.8 Å². The van der Waals surface area contributed by atoms with Crippen molar-refractivity contribution in [2.75, 3.05) is 43.5 Å². The van der Waals surface area contributed by atoms with Crippen LogP contribution < -0.4 is 24.7 Å². The Bertz CT molecular complexity index is 2590. The van der Waals surface area contributed by atoms with E-state index in [0.717, 1.165) is 22.0 Å². The van der Waals surface area contributed by atoms with Gasteiger partial charge in [-0.3, -0.25) is 44.8 Å². The maximum absolute atomic E-state index is 15.5. The van der Waals surface area contributed by atoms with E-state index in [0.29, 0.717) is 27.7 Å². The normalized spacial score (nSPS) is 24.2. The summed E-state index contributed by atoms with van der Waals surface area (Å²) in [4.78, 5) is 84.7. The Morgan fingerprint density at radius 3 is 2.07 bits per heavy atom. The lowest BCUT2D eigenvalue weighted by Crippen LogP contribution is -2.53. The summed E-state index contributed by atoms with van der Waals surface area (Å²) in [5.41, 5.74) is 0.268. The highest BCUT2D eigenvalue weighted by atomic mass is 35.5. The van der Waals surface area contributed by atoms with Crippen molar-refractivity contribution in [3.05, 3.63) is 126 Å². The molecular weight excluding hydrogens is 835 g/mol. The molecule has 6 unspecified atom stereocenters. The lowest BCUT2D eigenvalue weighted by molar-refractivity contribution is -0.392. The molecule has 2 N–H and O–H groups in total. The van der Waals surface area contributed by atoms with Crippen LogP contribution in [0, 0.1) is 43.9 Å². The van der Waals surface area contributed by atoms with Crippen molar-refractivity contribution in [1.29, 1.82) is 0 Å². The highest BCUT2D eigenvalue weighted by molar-refractivity contribution is 6.36. The van der Waals surface area contributed by atoms with E-state index in [1.54, 1.807) is 36.4 Å². The molecule has 19 heteroatoms. The van der Waals surface area contributed by atoms with Gasteiger partial charge >= 0.3 is 11.4 Å². The van der Waals surface area contributed by atoms with E-state index < -0.39 is 79.9 Å². The van der Waals surface area contributed by atoms with Gasteiger partial charge < -0.3 is 19.5 Å². The average molecular weight is 872 g/mol. The molecule has 0 bridgehead atoms. The van der Waals surface area contributed by atoms with E-state index in [9.17, 15) is 34.9 Å². The van der Waals surface area contributed by atoms with Crippen molar-refractivity contribution < 1.29 is 43.6 Å². The van der Waals surface area contributed by atoms with Crippen LogP contribution in [0.1, 0.15) is 29.9 Å². The number of ether oxygens (including phenoxy) is 2. The number of amides is 4. The molecule has 0 spiro atoms. The first-order valence-electron chi connectivity index (χ1n) is 18.9. The molecule has 0 radical (unpaired) electrons. The number of phenols is 1. The van der Waals surface area contributed by atoms with Crippen LogP contribution in [-0.2, 0) is 24.6 Å². The molecule has 2 saturated heterocycles. The fourth-order valence-electron chi connectivity index (χ4n) is 9.79. The number of halogens is 2. The Labute approximate surface area is 357 Å². The number of fused-ring (bicyclic) bond motifs is 4. The van der Waals surface area contributed by atoms with Crippen molar-refractivity contribution in [3.8, 4) is 17.2 Å². The Balaban J connectivity index is 1.33. The second-order valence-electron chi connectivity index (χ2n) is 15.4. The number of imide groups is 2. The quantitative estimate of drug-likeness (QED) is 0.0728. The third-order valence-corrected chi connectivity index (χ3v) is 12.8. The lowest BCUT2D eigenvalue weighted by Gasteiger charge is -2.50. The van der Waals surface area contributed by atoms with Crippen molar-refractivity contribution >= 4 is 75.3 Å². The minimum Gasteiger partial charge on any atom is -0.508 e. The Morgan fingerprint density at radius 2 is 1.48 bits per heavy atom. The van der Waals surface area contributed by atoms with Gasteiger partial charge in [0.25, 0.3) is 11.8 Å². The van der Waals surface area contributed by atoms with Crippen molar-refractivity contribution in [2.45, 2.75) is 24.2 Å². The predicted molar refractivity (Wildman–Crippen MR) is 222 cm³/mol.